The zero-order valence-electron chi connectivity index (χ0n) is 16.0. The van der Waals surface area contributed by atoms with Crippen LogP contribution in [-0.2, 0) is 13.1 Å². The third-order valence-electron chi connectivity index (χ3n) is 5.96. The molecule has 0 unspecified atom stereocenters. The molecule has 154 valence electrons. The van der Waals surface area contributed by atoms with Gasteiger partial charge in [0.25, 0.3) is 0 Å². The Bertz CT molecular complexity index is 1330. The van der Waals surface area contributed by atoms with Gasteiger partial charge in [0.05, 0.1) is 10.9 Å². The molecule has 0 saturated heterocycles. The van der Waals surface area contributed by atoms with E-state index in [4.69, 9.17) is 0 Å². The second kappa shape index (κ2) is 6.43. The Morgan fingerprint density at radius 3 is 2.50 bits per heavy atom. The Morgan fingerprint density at radius 2 is 1.83 bits per heavy atom. The molecule has 1 saturated carbocycles. The van der Waals surface area contributed by atoms with Gasteiger partial charge in [-0.25, -0.2) is 13.6 Å². The average Bonchev–Trinajstić information content (AvgIpc) is 3.41. The third kappa shape index (κ3) is 2.53. The number of rotatable bonds is 3. The number of aromatic nitrogens is 1. The van der Waals surface area contributed by atoms with Crippen LogP contribution in [0.4, 0.5) is 13.2 Å². The number of hydrogen-bond donors (Lipinski definition) is 2. The van der Waals surface area contributed by atoms with Gasteiger partial charge in [0.2, 0.25) is 11.4 Å². The Balaban J connectivity index is 1.92. The van der Waals surface area contributed by atoms with Gasteiger partial charge < -0.3 is 15.0 Å². The van der Waals surface area contributed by atoms with E-state index in [2.05, 4.69) is 5.32 Å². The number of benzene rings is 2. The standard InChI is InChI=1S/C22H17F3N2O3/c1-9-14(10-2-3-11-7-26-8-12(11)6-10)17(23)18(24)15-19(9)27(13-4-5-13)21(25)16(20(15)28)22(29)30/h2-3,6,13,26H,4-5,7-8H2,1H3,(H,29,30). The molecule has 3 aromatic rings. The molecule has 2 heterocycles. The lowest BCUT2D eigenvalue weighted by molar-refractivity contribution is 0.0688. The van der Waals surface area contributed by atoms with Crippen LogP contribution in [0.1, 0.15) is 45.9 Å². The average molecular weight is 414 g/mol. The minimum Gasteiger partial charge on any atom is -0.477 e. The summed E-state index contributed by atoms with van der Waals surface area (Å²) in [4.78, 5) is 24.1. The summed E-state index contributed by atoms with van der Waals surface area (Å²) in [6, 6.07) is 4.86. The van der Waals surface area contributed by atoms with Gasteiger partial charge in [-0.15, -0.1) is 0 Å². The third-order valence-corrected chi connectivity index (χ3v) is 5.96. The van der Waals surface area contributed by atoms with Crippen LogP contribution in [0.5, 0.6) is 0 Å². The lowest BCUT2D eigenvalue weighted by Gasteiger charge is -2.19. The van der Waals surface area contributed by atoms with Gasteiger partial charge >= 0.3 is 5.97 Å². The van der Waals surface area contributed by atoms with Crippen molar-refractivity contribution in [3.63, 3.8) is 0 Å². The van der Waals surface area contributed by atoms with Crippen LogP contribution in [0.25, 0.3) is 22.0 Å². The fourth-order valence-corrected chi connectivity index (χ4v) is 4.39. The summed E-state index contributed by atoms with van der Waals surface area (Å²) < 4.78 is 46.5. The number of halogens is 3. The summed E-state index contributed by atoms with van der Waals surface area (Å²) in [6.07, 6.45) is 1.12. The number of aromatic carboxylic acids is 1. The van der Waals surface area contributed by atoms with Crippen LogP contribution in [-0.4, -0.2) is 15.6 Å². The molecule has 5 nitrogen and oxygen atoms in total. The van der Waals surface area contributed by atoms with Crippen molar-refractivity contribution < 1.29 is 23.1 Å². The largest absolute Gasteiger partial charge is 0.477 e. The highest BCUT2D eigenvalue weighted by molar-refractivity contribution is 5.96. The lowest BCUT2D eigenvalue weighted by Crippen LogP contribution is -2.25. The van der Waals surface area contributed by atoms with E-state index in [-0.39, 0.29) is 16.6 Å². The zero-order chi connectivity index (χ0) is 21.3. The predicted molar refractivity (Wildman–Crippen MR) is 104 cm³/mol. The first-order valence-corrected chi connectivity index (χ1v) is 9.62. The molecule has 8 heteroatoms. The topological polar surface area (TPSA) is 71.3 Å². The van der Waals surface area contributed by atoms with E-state index in [0.29, 0.717) is 31.5 Å². The van der Waals surface area contributed by atoms with E-state index in [9.17, 15) is 14.7 Å². The minimum absolute atomic E-state index is 0.0500. The summed E-state index contributed by atoms with van der Waals surface area (Å²) in [5.41, 5.74) is -0.00707. The molecule has 1 fully saturated rings. The Kier molecular flexibility index (Phi) is 4.05. The van der Waals surface area contributed by atoms with E-state index in [1.54, 1.807) is 12.1 Å². The van der Waals surface area contributed by atoms with Crippen molar-refractivity contribution in [1.29, 1.82) is 0 Å². The molecule has 0 bridgehead atoms. The molecule has 2 N–H and O–H groups in total. The quantitative estimate of drug-likeness (QED) is 0.635. The Hall–Kier alpha value is -3.13. The van der Waals surface area contributed by atoms with Crippen molar-refractivity contribution in [2.24, 2.45) is 0 Å². The summed E-state index contributed by atoms with van der Waals surface area (Å²) in [5.74, 6) is -5.72. The van der Waals surface area contributed by atoms with Crippen molar-refractivity contribution in [3.05, 3.63) is 68.3 Å². The number of carbonyl (C=O) groups is 1. The minimum atomic E-state index is -1.80. The molecular formula is C22H17F3N2O3. The normalized spacial score (nSPS) is 15.6. The maximum Gasteiger partial charge on any atom is 0.344 e. The first kappa shape index (κ1) is 18.9. The van der Waals surface area contributed by atoms with E-state index < -0.39 is 46.0 Å². The first-order chi connectivity index (χ1) is 14.3. The van der Waals surface area contributed by atoms with Crippen molar-refractivity contribution in [1.82, 2.24) is 9.88 Å². The molecule has 1 aliphatic carbocycles. The van der Waals surface area contributed by atoms with Gasteiger partial charge in [0, 0.05) is 24.7 Å². The summed E-state index contributed by atoms with van der Waals surface area (Å²) in [7, 11) is 0. The molecule has 5 rings (SSSR count). The second-order valence-electron chi connectivity index (χ2n) is 7.84. The molecule has 0 spiro atoms. The lowest BCUT2D eigenvalue weighted by atomic mass is 9.93. The Morgan fingerprint density at radius 1 is 1.13 bits per heavy atom. The van der Waals surface area contributed by atoms with Crippen LogP contribution in [0.3, 0.4) is 0 Å². The molecule has 2 aromatic carbocycles. The highest BCUT2D eigenvalue weighted by Crippen LogP contribution is 2.42. The number of nitrogens with zero attached hydrogens (tertiary/aromatic N) is 1. The zero-order valence-corrected chi connectivity index (χ0v) is 16.0. The number of carboxylic acids is 1. The van der Waals surface area contributed by atoms with Crippen molar-refractivity contribution in [3.8, 4) is 11.1 Å². The van der Waals surface area contributed by atoms with Crippen LogP contribution < -0.4 is 10.7 Å². The highest BCUT2D eigenvalue weighted by atomic mass is 19.2. The summed E-state index contributed by atoms with van der Waals surface area (Å²) in [5, 5.41) is 11.8. The maximum absolute atomic E-state index is 15.2. The van der Waals surface area contributed by atoms with Crippen LogP contribution >= 0.6 is 0 Å². The SMILES string of the molecule is Cc1c(-c2ccc3c(c2)CNC3)c(F)c(F)c2c(=O)c(C(=O)O)c(F)n(C3CC3)c12. The first-order valence-electron chi connectivity index (χ1n) is 9.62. The van der Waals surface area contributed by atoms with E-state index in [1.165, 1.54) is 6.92 Å². The molecule has 30 heavy (non-hydrogen) atoms. The Labute approximate surface area is 168 Å². The van der Waals surface area contributed by atoms with Crippen LogP contribution in [0.2, 0.25) is 0 Å². The number of nitrogens with one attached hydrogen (secondary N) is 1. The summed E-state index contributed by atoms with van der Waals surface area (Å²) >= 11 is 0. The molecule has 1 aromatic heterocycles. The van der Waals surface area contributed by atoms with Gasteiger partial charge in [-0.05, 0) is 48.1 Å². The molecule has 1 aliphatic heterocycles. The maximum atomic E-state index is 15.2. The fourth-order valence-electron chi connectivity index (χ4n) is 4.39. The fraction of sp³-hybridized carbons (Fsp3) is 0.273. The van der Waals surface area contributed by atoms with Crippen molar-refractivity contribution in [2.45, 2.75) is 38.9 Å². The monoisotopic (exact) mass is 414 g/mol. The summed E-state index contributed by atoms with van der Waals surface area (Å²) in [6.45, 7) is 2.79. The number of hydrogen-bond acceptors (Lipinski definition) is 3. The van der Waals surface area contributed by atoms with Gasteiger partial charge in [-0.3, -0.25) is 4.79 Å². The van der Waals surface area contributed by atoms with Crippen molar-refractivity contribution >= 4 is 16.9 Å². The van der Waals surface area contributed by atoms with Gasteiger partial charge in [0.1, 0.15) is 0 Å². The van der Waals surface area contributed by atoms with E-state index in [0.717, 1.165) is 15.7 Å². The molecule has 0 amide bonds. The van der Waals surface area contributed by atoms with Crippen molar-refractivity contribution in [2.75, 3.05) is 0 Å². The number of pyridine rings is 1. The van der Waals surface area contributed by atoms with Crippen LogP contribution in [0.15, 0.2) is 23.0 Å². The van der Waals surface area contributed by atoms with Gasteiger partial charge in [0.15, 0.2) is 17.2 Å². The number of aryl methyl sites for hydroxylation is 1. The van der Waals surface area contributed by atoms with E-state index in [1.807, 2.05) is 6.07 Å². The molecule has 0 atom stereocenters. The molecule has 0 radical (unpaired) electrons. The van der Waals surface area contributed by atoms with Gasteiger partial charge in [-0.1, -0.05) is 12.1 Å². The number of fused-ring (bicyclic) bond motifs is 2. The second-order valence-corrected chi connectivity index (χ2v) is 7.84. The number of carboxylic acid groups (broad SMARTS) is 1. The molecule has 2 aliphatic rings. The predicted octanol–water partition coefficient (Wildman–Crippen LogP) is 4.03. The smallest absolute Gasteiger partial charge is 0.344 e. The molecular weight excluding hydrogens is 397 g/mol. The highest BCUT2D eigenvalue weighted by Gasteiger charge is 2.35. The van der Waals surface area contributed by atoms with E-state index >= 15 is 13.2 Å². The van der Waals surface area contributed by atoms with Gasteiger partial charge in [-0.2, -0.15) is 4.39 Å². The van der Waals surface area contributed by atoms with Crippen LogP contribution in [0, 0.1) is 24.5 Å².